The van der Waals surface area contributed by atoms with E-state index >= 15 is 0 Å². The van der Waals surface area contributed by atoms with Crippen LogP contribution in [0.3, 0.4) is 0 Å². The van der Waals surface area contributed by atoms with Gasteiger partial charge in [0, 0.05) is 11.6 Å². The van der Waals surface area contributed by atoms with Gasteiger partial charge in [0.15, 0.2) is 17.2 Å². The second-order valence-corrected chi connectivity index (χ2v) is 5.70. The minimum Gasteiger partial charge on any atom is -0.486 e. The third-order valence-electron chi connectivity index (χ3n) is 3.93. The van der Waals surface area contributed by atoms with Gasteiger partial charge in [0.05, 0.1) is 5.69 Å². The number of nitrogens with zero attached hydrogens (tertiary/aromatic N) is 3. The number of fused-ring (bicyclic) bond motifs is 1. The summed E-state index contributed by atoms with van der Waals surface area (Å²) in [4.78, 5) is 11.6. The summed E-state index contributed by atoms with van der Waals surface area (Å²) in [5.41, 5.74) is 2.73. The molecule has 1 aliphatic rings. The topological polar surface area (TPSA) is 86.5 Å². The number of aryl methyl sites for hydroxylation is 1. The summed E-state index contributed by atoms with van der Waals surface area (Å²) in [6, 6.07) is 12.9. The SMILES string of the molecule is Cc1cccc(-c2c(C(=O)O)nnn2-c2ccc3c(c2)OCCO3)c1. The summed E-state index contributed by atoms with van der Waals surface area (Å²) in [6.45, 7) is 2.93. The molecule has 126 valence electrons. The summed E-state index contributed by atoms with van der Waals surface area (Å²) in [7, 11) is 0. The number of rotatable bonds is 3. The van der Waals surface area contributed by atoms with Gasteiger partial charge in [-0.15, -0.1) is 5.10 Å². The molecule has 7 heteroatoms. The molecular formula is C18H15N3O4. The van der Waals surface area contributed by atoms with Crippen LogP contribution in [-0.4, -0.2) is 39.3 Å². The molecule has 0 fully saturated rings. The van der Waals surface area contributed by atoms with Crippen molar-refractivity contribution in [1.82, 2.24) is 15.0 Å². The summed E-state index contributed by atoms with van der Waals surface area (Å²) in [5.74, 6) is 0.136. The molecule has 1 N–H and O–H groups in total. The lowest BCUT2D eigenvalue weighted by Gasteiger charge is -2.19. The van der Waals surface area contributed by atoms with Crippen molar-refractivity contribution >= 4 is 5.97 Å². The van der Waals surface area contributed by atoms with E-state index in [4.69, 9.17) is 9.47 Å². The first kappa shape index (κ1) is 15.2. The molecule has 0 spiro atoms. The molecule has 0 amide bonds. The first-order chi connectivity index (χ1) is 12.1. The van der Waals surface area contributed by atoms with E-state index in [0.29, 0.717) is 36.1 Å². The first-order valence-corrected chi connectivity index (χ1v) is 7.79. The summed E-state index contributed by atoms with van der Waals surface area (Å²) < 4.78 is 12.6. The number of aromatic nitrogens is 3. The zero-order chi connectivity index (χ0) is 17.4. The quantitative estimate of drug-likeness (QED) is 0.791. The van der Waals surface area contributed by atoms with Gasteiger partial charge in [-0.1, -0.05) is 29.0 Å². The predicted octanol–water partition coefficient (Wildman–Crippen LogP) is 2.71. The van der Waals surface area contributed by atoms with Gasteiger partial charge < -0.3 is 14.6 Å². The van der Waals surface area contributed by atoms with Gasteiger partial charge in [0.25, 0.3) is 0 Å². The highest BCUT2D eigenvalue weighted by Crippen LogP contribution is 2.34. The van der Waals surface area contributed by atoms with E-state index < -0.39 is 5.97 Å². The molecule has 3 aromatic rings. The molecule has 25 heavy (non-hydrogen) atoms. The number of carbonyl (C=O) groups is 1. The number of aromatic carboxylic acids is 1. The zero-order valence-corrected chi connectivity index (χ0v) is 13.5. The van der Waals surface area contributed by atoms with Crippen molar-refractivity contribution in [3.05, 3.63) is 53.7 Å². The molecule has 0 unspecified atom stereocenters. The van der Waals surface area contributed by atoms with Gasteiger partial charge in [0.2, 0.25) is 0 Å². The van der Waals surface area contributed by atoms with Crippen LogP contribution in [0.1, 0.15) is 16.1 Å². The molecule has 7 nitrogen and oxygen atoms in total. The summed E-state index contributed by atoms with van der Waals surface area (Å²) >= 11 is 0. The smallest absolute Gasteiger partial charge is 0.358 e. The average Bonchev–Trinajstić information content (AvgIpc) is 3.06. The van der Waals surface area contributed by atoms with Gasteiger partial charge in [-0.05, 0) is 25.1 Å². The van der Waals surface area contributed by atoms with E-state index in [0.717, 1.165) is 11.1 Å². The molecule has 0 atom stereocenters. The van der Waals surface area contributed by atoms with Crippen molar-refractivity contribution in [3.8, 4) is 28.4 Å². The number of hydrogen-bond donors (Lipinski definition) is 1. The van der Waals surface area contributed by atoms with Crippen LogP contribution < -0.4 is 9.47 Å². The van der Waals surface area contributed by atoms with E-state index in [9.17, 15) is 9.90 Å². The summed E-state index contributed by atoms with van der Waals surface area (Å²) in [6.07, 6.45) is 0. The van der Waals surface area contributed by atoms with E-state index in [2.05, 4.69) is 10.3 Å². The second kappa shape index (κ2) is 5.94. The van der Waals surface area contributed by atoms with Crippen molar-refractivity contribution in [3.63, 3.8) is 0 Å². The number of carboxylic acids is 1. The van der Waals surface area contributed by atoms with Gasteiger partial charge >= 0.3 is 5.97 Å². The van der Waals surface area contributed by atoms with Gasteiger partial charge in [-0.3, -0.25) is 0 Å². The highest BCUT2D eigenvalue weighted by molar-refractivity contribution is 5.93. The van der Waals surface area contributed by atoms with Crippen LogP contribution in [0.5, 0.6) is 11.5 Å². The highest BCUT2D eigenvalue weighted by atomic mass is 16.6. The maximum Gasteiger partial charge on any atom is 0.358 e. The fourth-order valence-electron chi connectivity index (χ4n) is 2.82. The summed E-state index contributed by atoms with van der Waals surface area (Å²) in [5, 5.41) is 17.4. The lowest BCUT2D eigenvalue weighted by Crippen LogP contribution is -2.15. The third kappa shape index (κ3) is 2.69. The van der Waals surface area contributed by atoms with Crippen LogP contribution in [0.4, 0.5) is 0 Å². The van der Waals surface area contributed by atoms with E-state index in [1.165, 1.54) is 4.68 Å². The number of ether oxygens (including phenoxy) is 2. The standard InChI is InChI=1S/C18H15N3O4/c1-11-3-2-4-12(9-11)17-16(18(22)23)19-20-21(17)13-5-6-14-15(10-13)25-8-7-24-14/h2-6,9-10H,7-8H2,1H3,(H,22,23). The molecule has 2 heterocycles. The first-order valence-electron chi connectivity index (χ1n) is 7.79. The Hall–Kier alpha value is -3.35. The maximum absolute atomic E-state index is 11.6. The van der Waals surface area contributed by atoms with Crippen molar-refractivity contribution in [1.29, 1.82) is 0 Å². The average molecular weight is 337 g/mol. The normalized spacial score (nSPS) is 12.8. The van der Waals surface area contributed by atoms with Gasteiger partial charge in [-0.2, -0.15) is 0 Å². The zero-order valence-electron chi connectivity index (χ0n) is 13.5. The van der Waals surface area contributed by atoms with Crippen LogP contribution in [0, 0.1) is 6.92 Å². The third-order valence-corrected chi connectivity index (χ3v) is 3.93. The lowest BCUT2D eigenvalue weighted by atomic mass is 10.1. The van der Waals surface area contributed by atoms with Crippen LogP contribution in [0.25, 0.3) is 16.9 Å². The van der Waals surface area contributed by atoms with E-state index in [1.54, 1.807) is 18.2 Å². The number of carboxylic acid groups (broad SMARTS) is 1. The fourth-order valence-corrected chi connectivity index (χ4v) is 2.82. The molecular weight excluding hydrogens is 322 g/mol. The minimum absolute atomic E-state index is 0.0968. The molecule has 0 saturated carbocycles. The monoisotopic (exact) mass is 337 g/mol. The van der Waals surface area contributed by atoms with Crippen LogP contribution in [0.15, 0.2) is 42.5 Å². The maximum atomic E-state index is 11.6. The molecule has 1 aromatic heterocycles. The van der Waals surface area contributed by atoms with Crippen LogP contribution >= 0.6 is 0 Å². The molecule has 0 bridgehead atoms. The molecule has 4 rings (SSSR count). The van der Waals surface area contributed by atoms with Crippen molar-refractivity contribution in [2.75, 3.05) is 13.2 Å². The Morgan fingerprint density at radius 2 is 1.92 bits per heavy atom. The van der Waals surface area contributed by atoms with Crippen molar-refractivity contribution in [2.24, 2.45) is 0 Å². The Morgan fingerprint density at radius 3 is 2.68 bits per heavy atom. The minimum atomic E-state index is -1.12. The predicted molar refractivity (Wildman–Crippen MR) is 89.5 cm³/mol. The van der Waals surface area contributed by atoms with Gasteiger partial charge in [-0.25, -0.2) is 9.48 Å². The molecule has 0 radical (unpaired) electrons. The Kier molecular flexibility index (Phi) is 3.61. The highest BCUT2D eigenvalue weighted by Gasteiger charge is 2.23. The Balaban J connectivity index is 1.89. The molecule has 0 saturated heterocycles. The largest absolute Gasteiger partial charge is 0.486 e. The van der Waals surface area contributed by atoms with Crippen molar-refractivity contribution in [2.45, 2.75) is 6.92 Å². The molecule has 2 aromatic carbocycles. The number of benzene rings is 2. The van der Waals surface area contributed by atoms with Gasteiger partial charge in [0.1, 0.15) is 18.9 Å². The lowest BCUT2D eigenvalue weighted by molar-refractivity contribution is 0.0691. The molecule has 0 aliphatic carbocycles. The Labute approximate surface area is 143 Å². The Morgan fingerprint density at radius 1 is 1.12 bits per heavy atom. The van der Waals surface area contributed by atoms with E-state index in [1.807, 2.05) is 31.2 Å². The van der Waals surface area contributed by atoms with Crippen LogP contribution in [0.2, 0.25) is 0 Å². The number of hydrogen-bond acceptors (Lipinski definition) is 5. The van der Waals surface area contributed by atoms with Crippen LogP contribution in [-0.2, 0) is 0 Å². The fraction of sp³-hybridized carbons (Fsp3) is 0.167. The van der Waals surface area contributed by atoms with E-state index in [-0.39, 0.29) is 5.69 Å². The van der Waals surface area contributed by atoms with Crippen molar-refractivity contribution < 1.29 is 19.4 Å². The second-order valence-electron chi connectivity index (χ2n) is 5.70. The Bertz CT molecular complexity index is 965. The molecule has 1 aliphatic heterocycles.